The van der Waals surface area contributed by atoms with E-state index in [-0.39, 0.29) is 5.91 Å². The lowest BCUT2D eigenvalue weighted by molar-refractivity contribution is -0.120. The second-order valence-corrected chi connectivity index (χ2v) is 5.84. The molecule has 1 N–H and O–H groups in total. The zero-order valence-corrected chi connectivity index (χ0v) is 13.6. The van der Waals surface area contributed by atoms with E-state index in [1.165, 1.54) is 30.4 Å². The average molecular weight is 326 g/mol. The second kappa shape index (κ2) is 9.13. The van der Waals surface area contributed by atoms with Crippen LogP contribution in [0.2, 0.25) is 0 Å². The highest BCUT2D eigenvalue weighted by Gasteiger charge is 2.03. The number of rotatable bonds is 8. The van der Waals surface area contributed by atoms with Crippen molar-refractivity contribution in [2.75, 3.05) is 11.9 Å². The summed E-state index contributed by atoms with van der Waals surface area (Å²) in [6.45, 7) is 4.97. The van der Waals surface area contributed by atoms with Gasteiger partial charge in [-0.15, -0.1) is 0 Å². The Balaban J connectivity index is 2.21. The first-order valence-electron chi connectivity index (χ1n) is 7.02. The Kier molecular flexibility index (Phi) is 7.80. The maximum atomic E-state index is 11.8. The van der Waals surface area contributed by atoms with Crippen molar-refractivity contribution in [1.82, 2.24) is 5.32 Å². The normalized spacial score (nSPS) is 10.5. The Morgan fingerprint density at radius 3 is 2.53 bits per heavy atom. The molecular weight excluding hydrogens is 302 g/mol. The molecule has 0 aliphatic heterocycles. The van der Waals surface area contributed by atoms with Gasteiger partial charge in [0.25, 0.3) is 0 Å². The Bertz CT molecular complexity index is 404. The maximum Gasteiger partial charge on any atom is 0.224 e. The number of hydrogen-bond donors (Lipinski definition) is 1. The van der Waals surface area contributed by atoms with Crippen LogP contribution in [0, 0.1) is 13.8 Å². The van der Waals surface area contributed by atoms with E-state index in [9.17, 15) is 4.79 Å². The molecule has 1 amide bonds. The molecule has 19 heavy (non-hydrogen) atoms. The fourth-order valence-electron chi connectivity index (χ4n) is 1.96. The summed E-state index contributed by atoms with van der Waals surface area (Å²) in [6, 6.07) is 6.22. The smallest absolute Gasteiger partial charge is 0.224 e. The number of unbranched alkanes of at least 4 members (excludes halogenated alkanes) is 3. The Morgan fingerprint density at radius 2 is 1.84 bits per heavy atom. The van der Waals surface area contributed by atoms with Gasteiger partial charge < -0.3 is 5.32 Å². The monoisotopic (exact) mass is 325 g/mol. The van der Waals surface area contributed by atoms with Gasteiger partial charge in [-0.2, -0.15) is 0 Å². The molecule has 0 spiro atoms. The van der Waals surface area contributed by atoms with Crippen LogP contribution in [0.15, 0.2) is 18.2 Å². The Morgan fingerprint density at radius 1 is 1.11 bits per heavy atom. The summed E-state index contributed by atoms with van der Waals surface area (Å²) < 4.78 is 0. The molecule has 0 saturated carbocycles. The maximum absolute atomic E-state index is 11.8. The Hall–Kier alpha value is -0.830. The second-order valence-electron chi connectivity index (χ2n) is 5.05. The number of nitrogens with one attached hydrogen (secondary N) is 1. The summed E-state index contributed by atoms with van der Waals surface area (Å²) in [4.78, 5) is 11.8. The average Bonchev–Trinajstić information content (AvgIpc) is 2.38. The molecule has 0 aliphatic rings. The lowest BCUT2D eigenvalue weighted by Crippen LogP contribution is -2.26. The summed E-state index contributed by atoms with van der Waals surface area (Å²) in [5, 5.41) is 4.07. The van der Waals surface area contributed by atoms with Crippen LogP contribution >= 0.6 is 15.9 Å². The molecule has 0 unspecified atom stereocenters. The highest BCUT2D eigenvalue weighted by atomic mass is 79.9. The third-order valence-electron chi connectivity index (χ3n) is 3.32. The van der Waals surface area contributed by atoms with E-state index in [0.717, 1.165) is 23.9 Å². The van der Waals surface area contributed by atoms with E-state index in [0.29, 0.717) is 6.42 Å². The summed E-state index contributed by atoms with van der Waals surface area (Å²) in [6.07, 6.45) is 5.21. The lowest BCUT2D eigenvalue weighted by atomic mass is 10.0. The third-order valence-corrected chi connectivity index (χ3v) is 3.88. The number of carbonyl (C=O) groups is 1. The molecule has 0 fully saturated rings. The van der Waals surface area contributed by atoms with E-state index in [1.807, 2.05) is 6.07 Å². The molecule has 0 aromatic heterocycles. The van der Waals surface area contributed by atoms with E-state index in [1.54, 1.807) is 0 Å². The molecule has 1 aromatic rings. The summed E-state index contributed by atoms with van der Waals surface area (Å²) in [5.41, 5.74) is 3.62. The zero-order valence-electron chi connectivity index (χ0n) is 12.0. The van der Waals surface area contributed by atoms with Crippen LogP contribution in [0.4, 0.5) is 0 Å². The van der Waals surface area contributed by atoms with Crippen LogP contribution in [0.3, 0.4) is 0 Å². The highest BCUT2D eigenvalue weighted by Crippen LogP contribution is 2.10. The topological polar surface area (TPSA) is 29.1 Å². The number of benzene rings is 1. The minimum absolute atomic E-state index is 0.128. The predicted octanol–water partition coefficient (Wildman–Crippen LogP) is 3.92. The summed E-state index contributed by atoms with van der Waals surface area (Å²) in [5.74, 6) is 0.128. The van der Waals surface area contributed by atoms with E-state index in [2.05, 4.69) is 47.2 Å². The van der Waals surface area contributed by atoms with Crippen LogP contribution in [0.1, 0.15) is 42.4 Å². The molecule has 3 heteroatoms. The molecule has 106 valence electrons. The van der Waals surface area contributed by atoms with Crippen LogP contribution in [0.25, 0.3) is 0 Å². The van der Waals surface area contributed by atoms with Gasteiger partial charge in [0.15, 0.2) is 0 Å². The van der Waals surface area contributed by atoms with Crippen molar-refractivity contribution in [3.05, 3.63) is 34.9 Å². The van der Waals surface area contributed by atoms with E-state index >= 15 is 0 Å². The minimum atomic E-state index is 0.128. The van der Waals surface area contributed by atoms with Crippen molar-refractivity contribution < 1.29 is 4.79 Å². The number of carbonyl (C=O) groups excluding carboxylic acids is 1. The molecule has 1 aromatic carbocycles. The summed E-state index contributed by atoms with van der Waals surface area (Å²) >= 11 is 3.42. The van der Waals surface area contributed by atoms with Crippen molar-refractivity contribution in [1.29, 1.82) is 0 Å². The first-order chi connectivity index (χ1) is 9.13. The van der Waals surface area contributed by atoms with Crippen molar-refractivity contribution >= 4 is 21.8 Å². The van der Waals surface area contributed by atoms with Gasteiger partial charge in [-0.05, 0) is 43.4 Å². The fourth-order valence-corrected chi connectivity index (χ4v) is 2.36. The SMILES string of the molecule is Cc1ccc(CC(=O)NCCCCCCBr)cc1C. The van der Waals surface area contributed by atoms with E-state index < -0.39 is 0 Å². The zero-order chi connectivity index (χ0) is 14.1. The molecule has 0 aliphatic carbocycles. The number of hydrogen-bond acceptors (Lipinski definition) is 1. The van der Waals surface area contributed by atoms with Gasteiger partial charge >= 0.3 is 0 Å². The first kappa shape index (κ1) is 16.2. The van der Waals surface area contributed by atoms with Gasteiger partial charge in [0.1, 0.15) is 0 Å². The third kappa shape index (κ3) is 6.76. The minimum Gasteiger partial charge on any atom is -0.356 e. The molecule has 0 saturated heterocycles. The Labute approximate surface area is 125 Å². The largest absolute Gasteiger partial charge is 0.356 e. The summed E-state index contributed by atoms with van der Waals surface area (Å²) in [7, 11) is 0. The molecule has 1 rings (SSSR count). The molecule has 0 bridgehead atoms. The van der Waals surface area contributed by atoms with Crippen LogP contribution in [-0.2, 0) is 11.2 Å². The molecule has 2 nitrogen and oxygen atoms in total. The van der Waals surface area contributed by atoms with Crippen LogP contribution in [0.5, 0.6) is 0 Å². The molecule has 0 heterocycles. The standard InChI is InChI=1S/C16H24BrNO/c1-13-7-8-15(11-14(13)2)12-16(19)18-10-6-4-3-5-9-17/h7-8,11H,3-6,9-10,12H2,1-2H3,(H,18,19). The number of aryl methyl sites for hydroxylation is 2. The molecule has 0 radical (unpaired) electrons. The van der Waals surface area contributed by atoms with Crippen molar-refractivity contribution in [2.24, 2.45) is 0 Å². The highest BCUT2D eigenvalue weighted by molar-refractivity contribution is 9.09. The van der Waals surface area contributed by atoms with Crippen molar-refractivity contribution in [3.8, 4) is 0 Å². The predicted molar refractivity (Wildman–Crippen MR) is 84.9 cm³/mol. The van der Waals surface area contributed by atoms with Crippen molar-refractivity contribution in [2.45, 2.75) is 46.0 Å². The van der Waals surface area contributed by atoms with Gasteiger partial charge in [0.05, 0.1) is 6.42 Å². The molecular formula is C16H24BrNO. The fraction of sp³-hybridized carbons (Fsp3) is 0.562. The number of halogens is 1. The van der Waals surface area contributed by atoms with Crippen molar-refractivity contribution in [3.63, 3.8) is 0 Å². The van der Waals surface area contributed by atoms with Gasteiger partial charge in [-0.3, -0.25) is 4.79 Å². The first-order valence-corrected chi connectivity index (χ1v) is 8.14. The van der Waals surface area contributed by atoms with Gasteiger partial charge in [-0.1, -0.05) is 47.0 Å². The van der Waals surface area contributed by atoms with Gasteiger partial charge in [0, 0.05) is 11.9 Å². The lowest BCUT2D eigenvalue weighted by Gasteiger charge is -2.07. The molecule has 0 atom stereocenters. The van der Waals surface area contributed by atoms with Gasteiger partial charge in [0.2, 0.25) is 5.91 Å². The van der Waals surface area contributed by atoms with Crippen LogP contribution in [-0.4, -0.2) is 17.8 Å². The quantitative estimate of drug-likeness (QED) is 0.569. The van der Waals surface area contributed by atoms with Gasteiger partial charge in [-0.25, -0.2) is 0 Å². The van der Waals surface area contributed by atoms with E-state index in [4.69, 9.17) is 0 Å². The number of alkyl halides is 1. The number of amides is 1. The van der Waals surface area contributed by atoms with Crippen LogP contribution < -0.4 is 5.32 Å².